The molecule has 0 aliphatic rings. The zero-order valence-electron chi connectivity index (χ0n) is 30.9. The van der Waals surface area contributed by atoms with Gasteiger partial charge in [-0.1, -0.05) is 168 Å². The summed E-state index contributed by atoms with van der Waals surface area (Å²) in [5, 5.41) is 50.8. The van der Waals surface area contributed by atoms with E-state index in [9.17, 15) is 24.0 Å². The zero-order valence-corrected chi connectivity index (χ0v) is 30.9. The molecule has 11 heteroatoms. The summed E-state index contributed by atoms with van der Waals surface area (Å²) >= 11 is 0. The monoisotopic (exact) mass is 705 g/mol. The number of hydrogen-bond acceptors (Lipinski definition) is 6. The first-order valence-corrected chi connectivity index (χ1v) is 19.1. The average Bonchev–Trinajstić information content (AvgIpc) is 3.01. The predicted molar refractivity (Wildman–Crippen MR) is 193 cm³/mol. The Morgan fingerprint density at radius 1 is 0.347 bits per heavy atom. The highest BCUT2D eigenvalue weighted by molar-refractivity contribution is 5.88. The van der Waals surface area contributed by atoms with Crippen molar-refractivity contribution in [3.63, 3.8) is 0 Å². The standard InChI is InChI=1S/2C16H32O2.C6H8O7/c2*1-2-3-4-5-6-7-8-9-10-11-12-13-14-15-16(17)18;7-3(8)1-6(13,5(11)12)2-4(9)10/h2*2-15H2,1H3,(H,17,18);13H,1-2H2,(H,7,8)(H,9,10)(H,11,12). The van der Waals surface area contributed by atoms with Gasteiger partial charge < -0.3 is 30.6 Å². The third-order valence-electron chi connectivity index (χ3n) is 8.27. The molecule has 0 saturated carbocycles. The van der Waals surface area contributed by atoms with Crippen LogP contribution in [0.25, 0.3) is 0 Å². The molecule has 290 valence electrons. The van der Waals surface area contributed by atoms with Crippen LogP contribution in [0, 0.1) is 0 Å². The molecule has 0 spiro atoms. The largest absolute Gasteiger partial charge is 0.481 e. The van der Waals surface area contributed by atoms with Gasteiger partial charge in [0.05, 0.1) is 12.8 Å². The fourth-order valence-corrected chi connectivity index (χ4v) is 5.30. The van der Waals surface area contributed by atoms with Gasteiger partial charge in [-0.05, 0) is 12.8 Å². The average molecular weight is 705 g/mol. The molecule has 0 bridgehead atoms. The maximum atomic E-state index is 10.3. The molecule has 0 aromatic rings. The normalized spacial score (nSPS) is 10.8. The maximum Gasteiger partial charge on any atom is 0.336 e. The van der Waals surface area contributed by atoms with E-state index in [2.05, 4.69) is 13.8 Å². The molecule has 0 heterocycles. The maximum absolute atomic E-state index is 10.3. The SMILES string of the molecule is CCCCCCCCCCCCCCCC(=O)O.CCCCCCCCCCCCCCCC(=O)O.O=C(O)CC(O)(CC(=O)O)C(=O)O. The first kappa shape index (κ1) is 50.7. The van der Waals surface area contributed by atoms with Crippen LogP contribution in [0.1, 0.15) is 206 Å². The quantitative estimate of drug-likeness (QED) is 0.0354. The Labute approximate surface area is 296 Å². The molecule has 0 unspecified atom stereocenters. The van der Waals surface area contributed by atoms with Crippen LogP contribution in [0.5, 0.6) is 0 Å². The van der Waals surface area contributed by atoms with Crippen molar-refractivity contribution in [1.29, 1.82) is 0 Å². The summed E-state index contributed by atoms with van der Waals surface area (Å²) in [6, 6.07) is 0. The van der Waals surface area contributed by atoms with Crippen molar-refractivity contribution in [2.24, 2.45) is 0 Å². The highest BCUT2D eigenvalue weighted by Gasteiger charge is 2.40. The molecule has 0 radical (unpaired) electrons. The van der Waals surface area contributed by atoms with E-state index in [1.807, 2.05) is 0 Å². The number of unbranched alkanes of at least 4 members (excludes halogenated alkanes) is 24. The van der Waals surface area contributed by atoms with Gasteiger partial charge in [-0.25, -0.2) is 4.79 Å². The second-order valence-corrected chi connectivity index (χ2v) is 13.3. The summed E-state index contributed by atoms with van der Waals surface area (Å²) in [5.41, 5.74) is -2.74. The molecule has 11 nitrogen and oxygen atoms in total. The van der Waals surface area contributed by atoms with Crippen LogP contribution < -0.4 is 0 Å². The van der Waals surface area contributed by atoms with E-state index >= 15 is 0 Å². The molecule has 0 saturated heterocycles. The van der Waals surface area contributed by atoms with Gasteiger partial charge in [-0.15, -0.1) is 0 Å². The van der Waals surface area contributed by atoms with Crippen molar-refractivity contribution in [2.75, 3.05) is 0 Å². The highest BCUT2D eigenvalue weighted by Crippen LogP contribution is 2.16. The molecular formula is C38H72O11. The lowest BCUT2D eigenvalue weighted by Crippen LogP contribution is -2.42. The van der Waals surface area contributed by atoms with Crippen LogP contribution in [0.4, 0.5) is 0 Å². The van der Waals surface area contributed by atoms with E-state index in [0.29, 0.717) is 12.8 Å². The predicted octanol–water partition coefficient (Wildman–Crippen LogP) is 9.86. The minimum Gasteiger partial charge on any atom is -0.481 e. The van der Waals surface area contributed by atoms with Crippen molar-refractivity contribution in [2.45, 2.75) is 212 Å². The lowest BCUT2D eigenvalue weighted by atomic mass is 9.96. The van der Waals surface area contributed by atoms with E-state index in [0.717, 1.165) is 25.7 Å². The van der Waals surface area contributed by atoms with Crippen molar-refractivity contribution >= 4 is 29.8 Å². The van der Waals surface area contributed by atoms with Crippen LogP contribution in [0.3, 0.4) is 0 Å². The summed E-state index contributed by atoms with van der Waals surface area (Å²) in [4.78, 5) is 51.1. The fraction of sp³-hybridized carbons (Fsp3) is 0.868. The van der Waals surface area contributed by atoms with Gasteiger partial charge in [0.1, 0.15) is 0 Å². The first-order chi connectivity index (χ1) is 23.3. The Morgan fingerprint density at radius 3 is 0.714 bits per heavy atom. The lowest BCUT2D eigenvalue weighted by molar-refractivity contribution is -0.170. The van der Waals surface area contributed by atoms with Gasteiger partial charge in [0, 0.05) is 12.8 Å². The van der Waals surface area contributed by atoms with E-state index < -0.39 is 48.3 Å². The molecule has 0 aliphatic heterocycles. The lowest BCUT2D eigenvalue weighted by Gasteiger charge is -2.18. The summed E-state index contributed by atoms with van der Waals surface area (Å²) in [7, 11) is 0. The number of carboxylic acids is 5. The van der Waals surface area contributed by atoms with Gasteiger partial charge in [0.25, 0.3) is 0 Å². The van der Waals surface area contributed by atoms with Crippen molar-refractivity contribution in [1.82, 2.24) is 0 Å². The number of aliphatic carboxylic acids is 5. The molecule has 0 aliphatic carbocycles. The minimum absolute atomic E-state index is 0.345. The Kier molecular flexibility index (Phi) is 39.4. The summed E-state index contributed by atoms with van der Waals surface area (Å²) in [6.07, 6.45) is 32.3. The Hall–Kier alpha value is -2.69. The van der Waals surface area contributed by atoms with Crippen LogP contribution in [0.2, 0.25) is 0 Å². The first-order valence-electron chi connectivity index (χ1n) is 19.1. The Morgan fingerprint density at radius 2 is 0.551 bits per heavy atom. The molecule has 6 N–H and O–H groups in total. The summed E-state index contributed by atoms with van der Waals surface area (Å²) in [6.45, 7) is 4.52. The Balaban J connectivity index is -0.000000658. The minimum atomic E-state index is -2.74. The molecule has 0 atom stereocenters. The van der Waals surface area contributed by atoms with Crippen molar-refractivity contribution < 1.29 is 54.6 Å². The van der Waals surface area contributed by atoms with Crippen molar-refractivity contribution in [3.05, 3.63) is 0 Å². The van der Waals surface area contributed by atoms with E-state index in [1.54, 1.807) is 0 Å². The van der Waals surface area contributed by atoms with Gasteiger partial charge in [0.2, 0.25) is 0 Å². The second kappa shape index (κ2) is 38.1. The molecule has 0 aromatic heterocycles. The van der Waals surface area contributed by atoms with Crippen molar-refractivity contribution in [3.8, 4) is 0 Å². The van der Waals surface area contributed by atoms with E-state index in [1.165, 1.54) is 141 Å². The zero-order chi connectivity index (χ0) is 37.6. The molecule has 0 aromatic carbocycles. The topological polar surface area (TPSA) is 207 Å². The fourth-order valence-electron chi connectivity index (χ4n) is 5.30. The van der Waals surface area contributed by atoms with Gasteiger partial charge >= 0.3 is 29.8 Å². The number of carbonyl (C=O) groups is 5. The van der Waals surface area contributed by atoms with Crippen LogP contribution in [-0.4, -0.2) is 66.1 Å². The van der Waals surface area contributed by atoms with Gasteiger partial charge in [0.15, 0.2) is 5.60 Å². The Bertz CT molecular complexity index is 758. The molecule has 0 fully saturated rings. The third kappa shape index (κ3) is 45.3. The van der Waals surface area contributed by atoms with Crippen LogP contribution in [-0.2, 0) is 24.0 Å². The second-order valence-electron chi connectivity index (χ2n) is 13.3. The summed E-state index contributed by atoms with van der Waals surface area (Å²) in [5.74, 6) is -6.33. The number of carboxylic acid groups (broad SMARTS) is 5. The van der Waals surface area contributed by atoms with Gasteiger partial charge in [-0.2, -0.15) is 0 Å². The molecule has 0 amide bonds. The van der Waals surface area contributed by atoms with E-state index in [4.69, 9.17) is 30.6 Å². The number of aliphatic hydroxyl groups is 1. The molecule has 49 heavy (non-hydrogen) atoms. The van der Waals surface area contributed by atoms with Crippen LogP contribution >= 0.6 is 0 Å². The summed E-state index contributed by atoms with van der Waals surface area (Å²) < 4.78 is 0. The number of rotatable bonds is 33. The highest BCUT2D eigenvalue weighted by atomic mass is 16.4. The number of hydrogen-bond donors (Lipinski definition) is 6. The molecule has 0 rings (SSSR count). The van der Waals surface area contributed by atoms with E-state index in [-0.39, 0.29) is 0 Å². The third-order valence-corrected chi connectivity index (χ3v) is 8.27. The van der Waals surface area contributed by atoms with Gasteiger partial charge in [-0.3, -0.25) is 19.2 Å². The molecular weight excluding hydrogens is 632 g/mol. The van der Waals surface area contributed by atoms with Crippen LogP contribution in [0.15, 0.2) is 0 Å². The smallest absolute Gasteiger partial charge is 0.336 e.